The quantitative estimate of drug-likeness (QED) is 0.238. The van der Waals surface area contributed by atoms with E-state index >= 15 is 0 Å². The molecule has 40 heavy (non-hydrogen) atoms. The lowest BCUT2D eigenvalue weighted by atomic mass is 10.1. The Morgan fingerprint density at radius 3 is 1.62 bits per heavy atom. The maximum atomic E-state index is 5.11. The Labute approximate surface area is 230 Å². The molecule has 5 nitrogen and oxygen atoms in total. The summed E-state index contributed by atoms with van der Waals surface area (Å²) in [7, 11) is 0. The molecule has 0 aliphatic rings. The zero-order chi connectivity index (χ0) is 26.5. The number of fused-ring (bicyclic) bond motifs is 5. The van der Waals surface area contributed by atoms with Crippen molar-refractivity contribution < 1.29 is 0 Å². The highest BCUT2D eigenvalue weighted by atomic mass is 15.2. The second-order valence-electron chi connectivity index (χ2n) is 9.76. The van der Waals surface area contributed by atoms with Crippen LogP contribution in [0.15, 0.2) is 140 Å². The first-order chi connectivity index (χ1) is 19.9. The van der Waals surface area contributed by atoms with Gasteiger partial charge in [0.25, 0.3) is 0 Å². The van der Waals surface area contributed by atoms with E-state index in [1.807, 2.05) is 60.7 Å². The van der Waals surface area contributed by atoms with Crippen molar-refractivity contribution in [2.75, 3.05) is 0 Å². The zero-order valence-corrected chi connectivity index (χ0v) is 21.5. The van der Waals surface area contributed by atoms with Gasteiger partial charge < -0.3 is 4.40 Å². The number of rotatable bonds is 4. The van der Waals surface area contributed by atoms with Crippen LogP contribution < -0.4 is 0 Å². The molecule has 0 bridgehead atoms. The normalized spacial score (nSPS) is 11.5. The van der Waals surface area contributed by atoms with E-state index in [0.29, 0.717) is 17.6 Å². The van der Waals surface area contributed by atoms with Crippen molar-refractivity contribution in [2.45, 2.75) is 0 Å². The predicted octanol–water partition coefficient (Wildman–Crippen LogP) is 8.22. The van der Waals surface area contributed by atoms with Crippen molar-refractivity contribution in [1.82, 2.24) is 23.9 Å². The van der Waals surface area contributed by atoms with Crippen LogP contribution in [0, 0.1) is 0 Å². The van der Waals surface area contributed by atoms with Crippen LogP contribution in [0.1, 0.15) is 0 Å². The molecule has 0 aliphatic heterocycles. The van der Waals surface area contributed by atoms with Gasteiger partial charge >= 0.3 is 0 Å². The molecule has 8 aromatic rings. The fraction of sp³-hybridized carbons (Fsp3) is 0. The molecule has 4 aromatic heterocycles. The van der Waals surface area contributed by atoms with Gasteiger partial charge in [0.1, 0.15) is 0 Å². The van der Waals surface area contributed by atoms with E-state index in [2.05, 4.69) is 88.0 Å². The fourth-order valence-electron chi connectivity index (χ4n) is 5.66. The van der Waals surface area contributed by atoms with Crippen LogP contribution >= 0.6 is 0 Å². The largest absolute Gasteiger partial charge is 0.314 e. The molecule has 5 heteroatoms. The summed E-state index contributed by atoms with van der Waals surface area (Å²) in [6.07, 6.45) is 2.13. The van der Waals surface area contributed by atoms with Crippen LogP contribution in [0.4, 0.5) is 0 Å². The molecule has 0 saturated carbocycles. The Kier molecular flexibility index (Phi) is 5.07. The third-order valence-corrected chi connectivity index (χ3v) is 7.39. The van der Waals surface area contributed by atoms with Gasteiger partial charge in [-0.3, -0.25) is 4.57 Å². The smallest absolute Gasteiger partial charge is 0.238 e. The Hall–Kier alpha value is -5.55. The summed E-state index contributed by atoms with van der Waals surface area (Å²) < 4.78 is 4.49. The van der Waals surface area contributed by atoms with Crippen LogP contribution in [0.3, 0.4) is 0 Å². The van der Waals surface area contributed by atoms with Crippen LogP contribution in [-0.2, 0) is 0 Å². The molecule has 0 amide bonds. The summed E-state index contributed by atoms with van der Waals surface area (Å²) in [5.41, 5.74) is 7.39. The van der Waals surface area contributed by atoms with Crippen molar-refractivity contribution in [1.29, 1.82) is 0 Å². The van der Waals surface area contributed by atoms with Crippen LogP contribution in [-0.4, -0.2) is 23.9 Å². The highest BCUT2D eigenvalue weighted by molar-refractivity contribution is 6.21. The Morgan fingerprint density at radius 1 is 0.450 bits per heavy atom. The maximum Gasteiger partial charge on any atom is 0.238 e. The van der Waals surface area contributed by atoms with Gasteiger partial charge in [-0.2, -0.15) is 9.97 Å². The number of nitrogens with zero attached hydrogens (tertiary/aromatic N) is 5. The number of aromatic nitrogens is 5. The molecule has 0 fully saturated rings. The lowest BCUT2D eigenvalue weighted by molar-refractivity contribution is 0.952. The summed E-state index contributed by atoms with van der Waals surface area (Å²) >= 11 is 0. The molecule has 4 aromatic carbocycles. The van der Waals surface area contributed by atoms with Crippen molar-refractivity contribution >= 4 is 27.3 Å². The molecule has 8 rings (SSSR count). The second kappa shape index (κ2) is 9.03. The fourth-order valence-corrected chi connectivity index (χ4v) is 5.66. The van der Waals surface area contributed by atoms with Gasteiger partial charge in [0.15, 0.2) is 11.6 Å². The van der Waals surface area contributed by atoms with Gasteiger partial charge in [0.2, 0.25) is 5.95 Å². The zero-order valence-electron chi connectivity index (χ0n) is 21.5. The third-order valence-electron chi connectivity index (χ3n) is 7.39. The molecule has 0 N–H and O–H groups in total. The van der Waals surface area contributed by atoms with Crippen molar-refractivity contribution in [3.05, 3.63) is 140 Å². The minimum atomic E-state index is 0.590. The lowest BCUT2D eigenvalue weighted by Crippen LogP contribution is -2.07. The lowest BCUT2D eigenvalue weighted by Gasteiger charge is -2.12. The van der Waals surface area contributed by atoms with E-state index in [-0.39, 0.29) is 0 Å². The highest BCUT2D eigenvalue weighted by Gasteiger charge is 2.24. The molecular formula is C35H23N5. The van der Waals surface area contributed by atoms with Crippen molar-refractivity contribution in [3.8, 4) is 40.0 Å². The molecule has 4 heterocycles. The first kappa shape index (κ1) is 22.4. The number of para-hydroxylation sites is 1. The highest BCUT2D eigenvalue weighted by Crippen LogP contribution is 2.42. The van der Waals surface area contributed by atoms with E-state index in [9.17, 15) is 0 Å². The Balaban J connectivity index is 1.54. The number of pyridine rings is 1. The molecule has 188 valence electrons. The summed E-state index contributed by atoms with van der Waals surface area (Å²) in [5.74, 6) is 1.87. The Morgan fingerprint density at radius 2 is 0.975 bits per heavy atom. The summed E-state index contributed by atoms with van der Waals surface area (Å²) in [6.45, 7) is 0. The van der Waals surface area contributed by atoms with Crippen molar-refractivity contribution in [3.63, 3.8) is 0 Å². The van der Waals surface area contributed by atoms with E-state index in [0.717, 1.165) is 44.3 Å². The molecule has 0 radical (unpaired) electrons. The average molecular weight is 514 g/mol. The Bertz CT molecular complexity index is 2090. The van der Waals surface area contributed by atoms with E-state index in [1.165, 1.54) is 5.39 Å². The molecule has 0 spiro atoms. The first-order valence-corrected chi connectivity index (χ1v) is 13.3. The SMILES string of the molecule is c1ccc(-c2nc(-c3ccccc3)nc(-n3c4ccccc4c4c3c(-c3ccccc3)n3ccccc43)n2)cc1. The van der Waals surface area contributed by atoms with Gasteiger partial charge in [-0.05, 0) is 18.2 Å². The number of hydrogen-bond acceptors (Lipinski definition) is 3. The number of hydrogen-bond donors (Lipinski definition) is 0. The first-order valence-electron chi connectivity index (χ1n) is 13.3. The van der Waals surface area contributed by atoms with E-state index in [4.69, 9.17) is 15.0 Å². The monoisotopic (exact) mass is 513 g/mol. The second-order valence-corrected chi connectivity index (χ2v) is 9.76. The minimum absolute atomic E-state index is 0.590. The summed E-state index contributed by atoms with van der Waals surface area (Å²) in [4.78, 5) is 15.1. The van der Waals surface area contributed by atoms with Gasteiger partial charge in [0.05, 0.1) is 22.2 Å². The predicted molar refractivity (Wildman–Crippen MR) is 161 cm³/mol. The molecule has 0 aliphatic carbocycles. The summed E-state index contributed by atoms with van der Waals surface area (Å²) in [6, 6.07) is 45.6. The molecule has 0 atom stereocenters. The third kappa shape index (κ3) is 3.45. The topological polar surface area (TPSA) is 48.0 Å². The molecule has 0 unspecified atom stereocenters. The van der Waals surface area contributed by atoms with Crippen molar-refractivity contribution in [2.24, 2.45) is 0 Å². The minimum Gasteiger partial charge on any atom is -0.314 e. The summed E-state index contributed by atoms with van der Waals surface area (Å²) in [5, 5.41) is 2.34. The van der Waals surface area contributed by atoms with E-state index < -0.39 is 0 Å². The standard InChI is InChI=1S/C35H23N5/c1-4-14-24(15-5-1)31-32-30(29-22-12-13-23-39(29)31)27-20-10-11-21-28(27)40(32)35-37-33(25-16-6-2-7-17-25)36-34(38-35)26-18-8-3-9-19-26/h1-23H. The van der Waals surface area contributed by atoms with Gasteiger partial charge in [0, 0.05) is 33.7 Å². The maximum absolute atomic E-state index is 5.11. The van der Waals surface area contributed by atoms with E-state index in [1.54, 1.807) is 0 Å². The van der Waals surface area contributed by atoms with Crippen LogP contribution in [0.25, 0.3) is 67.3 Å². The average Bonchev–Trinajstić information content (AvgIpc) is 3.55. The van der Waals surface area contributed by atoms with Gasteiger partial charge in [-0.1, -0.05) is 115 Å². The van der Waals surface area contributed by atoms with Crippen LogP contribution in [0.5, 0.6) is 0 Å². The van der Waals surface area contributed by atoms with Gasteiger partial charge in [-0.15, -0.1) is 0 Å². The number of benzene rings is 4. The molecular weight excluding hydrogens is 490 g/mol. The van der Waals surface area contributed by atoms with Crippen LogP contribution in [0.2, 0.25) is 0 Å². The molecule has 0 saturated heterocycles. The van der Waals surface area contributed by atoms with Gasteiger partial charge in [-0.25, -0.2) is 4.98 Å².